The van der Waals surface area contributed by atoms with Gasteiger partial charge in [0.25, 0.3) is 0 Å². The number of hydrogen-bond donors (Lipinski definition) is 0. The van der Waals surface area contributed by atoms with E-state index in [9.17, 15) is 17.3 Å². The van der Waals surface area contributed by atoms with E-state index < -0.39 is 7.25 Å². The molecule has 0 bridgehead atoms. The molecule has 0 spiro atoms. The van der Waals surface area contributed by atoms with Crippen molar-refractivity contribution in [2.45, 2.75) is 59.3 Å². The van der Waals surface area contributed by atoms with Crippen LogP contribution in [0.5, 0.6) is 0 Å². The summed E-state index contributed by atoms with van der Waals surface area (Å²) in [5, 5.41) is 0. The first-order valence-electron chi connectivity index (χ1n) is 6.86. The van der Waals surface area contributed by atoms with Crippen LogP contribution in [-0.2, 0) is 4.37 Å². The quantitative estimate of drug-likeness (QED) is 0.307. The second-order valence-corrected chi connectivity index (χ2v) is 4.28. The molecule has 0 saturated heterocycles. The van der Waals surface area contributed by atoms with Crippen LogP contribution in [0, 0.1) is 0 Å². The SMILES string of the molecule is CCCC[O+](CCCC)CCCC.F[B-](F)(F)F. The predicted molar refractivity (Wildman–Crippen MR) is 70.6 cm³/mol. The minimum Gasteiger partial charge on any atom is -0.422 e. The van der Waals surface area contributed by atoms with E-state index in [4.69, 9.17) is 0 Å². The van der Waals surface area contributed by atoms with E-state index in [1.165, 1.54) is 58.3 Å². The van der Waals surface area contributed by atoms with Crippen LogP contribution in [0.15, 0.2) is 0 Å². The van der Waals surface area contributed by atoms with Crippen LogP contribution in [-0.4, -0.2) is 27.1 Å². The first kappa shape index (κ1) is 20.1. The van der Waals surface area contributed by atoms with Crippen LogP contribution in [0.25, 0.3) is 0 Å². The Morgan fingerprint density at radius 3 is 1.06 bits per heavy atom. The van der Waals surface area contributed by atoms with Crippen molar-refractivity contribution < 1.29 is 21.6 Å². The molecule has 112 valence electrons. The maximum absolute atomic E-state index is 9.75. The molecule has 0 heterocycles. The van der Waals surface area contributed by atoms with Gasteiger partial charge >= 0.3 is 7.25 Å². The summed E-state index contributed by atoms with van der Waals surface area (Å²) in [7, 11) is -6.00. The number of unbranched alkanes of at least 4 members (excludes halogenated alkanes) is 3. The fourth-order valence-corrected chi connectivity index (χ4v) is 1.35. The Bertz CT molecular complexity index is 140. The lowest BCUT2D eigenvalue weighted by molar-refractivity contribution is -0.142. The molecule has 18 heavy (non-hydrogen) atoms. The molecule has 6 heteroatoms. The molecule has 0 atom stereocenters. The van der Waals surface area contributed by atoms with Gasteiger partial charge in [-0.1, -0.05) is 20.8 Å². The highest BCUT2D eigenvalue weighted by Gasteiger charge is 2.20. The van der Waals surface area contributed by atoms with Gasteiger partial charge in [0, 0.05) is 19.3 Å². The van der Waals surface area contributed by atoms with E-state index in [-0.39, 0.29) is 0 Å². The highest BCUT2D eigenvalue weighted by atomic mass is 19.5. The van der Waals surface area contributed by atoms with Crippen molar-refractivity contribution >= 4 is 7.25 Å². The van der Waals surface area contributed by atoms with Gasteiger partial charge in [-0.2, -0.15) is 0 Å². The Morgan fingerprint density at radius 2 is 0.889 bits per heavy atom. The van der Waals surface area contributed by atoms with Crippen molar-refractivity contribution in [2.75, 3.05) is 19.8 Å². The van der Waals surface area contributed by atoms with E-state index in [1.807, 2.05) is 0 Å². The standard InChI is InChI=1S/C12H27O.BF4/c1-4-7-10-13(11-8-5-2)12-9-6-3;2-1(3,4)5/h4-12H2,1-3H3;/q+1;-1. The lowest BCUT2D eigenvalue weighted by atomic mass is 10.3. The van der Waals surface area contributed by atoms with E-state index in [1.54, 1.807) is 0 Å². The van der Waals surface area contributed by atoms with Crippen LogP contribution >= 0.6 is 0 Å². The zero-order valence-corrected chi connectivity index (χ0v) is 11.9. The first-order chi connectivity index (χ1) is 8.35. The van der Waals surface area contributed by atoms with Crippen LogP contribution in [0.1, 0.15) is 59.3 Å². The highest BCUT2D eigenvalue weighted by Crippen LogP contribution is 2.07. The van der Waals surface area contributed by atoms with Crippen molar-refractivity contribution in [3.63, 3.8) is 0 Å². The largest absolute Gasteiger partial charge is 0.673 e. The summed E-state index contributed by atoms with van der Waals surface area (Å²) in [6.45, 7) is 10.5. The summed E-state index contributed by atoms with van der Waals surface area (Å²) in [4.78, 5) is 0. The summed E-state index contributed by atoms with van der Waals surface area (Å²) in [6, 6.07) is 0. The van der Waals surface area contributed by atoms with Gasteiger partial charge in [-0.3, -0.25) is 0 Å². The molecule has 0 saturated carbocycles. The lowest BCUT2D eigenvalue weighted by Crippen LogP contribution is -2.18. The van der Waals surface area contributed by atoms with E-state index >= 15 is 0 Å². The summed E-state index contributed by atoms with van der Waals surface area (Å²) in [6.07, 6.45) is 7.92. The summed E-state index contributed by atoms with van der Waals surface area (Å²) < 4.78 is 42.4. The van der Waals surface area contributed by atoms with E-state index in [0.29, 0.717) is 0 Å². The molecule has 0 aromatic rings. The van der Waals surface area contributed by atoms with E-state index in [0.717, 1.165) is 0 Å². The third-order valence-corrected chi connectivity index (χ3v) is 2.36. The molecule has 1 nitrogen and oxygen atoms in total. The fourth-order valence-electron chi connectivity index (χ4n) is 1.35. The van der Waals surface area contributed by atoms with Crippen molar-refractivity contribution in [1.82, 2.24) is 0 Å². The number of hydrogen-bond acceptors (Lipinski definition) is 0. The van der Waals surface area contributed by atoms with Crippen LogP contribution in [0.2, 0.25) is 0 Å². The van der Waals surface area contributed by atoms with Crippen LogP contribution in [0.3, 0.4) is 0 Å². The van der Waals surface area contributed by atoms with Crippen molar-refractivity contribution in [3.05, 3.63) is 0 Å². The van der Waals surface area contributed by atoms with Crippen LogP contribution < -0.4 is 0 Å². The van der Waals surface area contributed by atoms with Gasteiger partial charge in [-0.25, -0.2) is 0 Å². The fraction of sp³-hybridized carbons (Fsp3) is 1.00. The smallest absolute Gasteiger partial charge is 0.422 e. The third-order valence-electron chi connectivity index (χ3n) is 2.36. The second-order valence-electron chi connectivity index (χ2n) is 4.28. The minimum atomic E-state index is -6.00. The summed E-state index contributed by atoms with van der Waals surface area (Å²) >= 11 is 0. The Hall–Kier alpha value is -0.255. The second kappa shape index (κ2) is 13.2. The summed E-state index contributed by atoms with van der Waals surface area (Å²) in [5.41, 5.74) is 0. The van der Waals surface area contributed by atoms with E-state index in [2.05, 4.69) is 25.1 Å². The van der Waals surface area contributed by atoms with Crippen molar-refractivity contribution in [1.29, 1.82) is 0 Å². The predicted octanol–water partition coefficient (Wildman–Crippen LogP) is 5.24. The monoisotopic (exact) mass is 274 g/mol. The summed E-state index contributed by atoms with van der Waals surface area (Å²) in [5.74, 6) is 0. The Balaban J connectivity index is 0. The molecule has 0 N–H and O–H groups in total. The first-order valence-corrected chi connectivity index (χ1v) is 6.86. The van der Waals surface area contributed by atoms with Crippen molar-refractivity contribution in [2.24, 2.45) is 0 Å². The van der Waals surface area contributed by atoms with Crippen LogP contribution in [0.4, 0.5) is 17.3 Å². The van der Waals surface area contributed by atoms with Gasteiger partial charge in [0.05, 0.1) is 0 Å². The molecule has 0 aliphatic heterocycles. The molecule has 0 aromatic heterocycles. The molecule has 0 fully saturated rings. The van der Waals surface area contributed by atoms with Gasteiger partial charge in [0.1, 0.15) is 19.8 Å². The molecule has 0 radical (unpaired) electrons. The molecule has 0 aliphatic rings. The molecule has 0 rings (SSSR count). The third kappa shape index (κ3) is 24.8. The topological polar surface area (TPSA) is 2.70 Å². The molecular formula is C12H27BF4O. The van der Waals surface area contributed by atoms with Crippen molar-refractivity contribution in [3.8, 4) is 0 Å². The normalized spacial score (nSPS) is 11.3. The average Bonchev–Trinajstić information content (AvgIpc) is 2.26. The minimum absolute atomic E-state index is 1.23. The number of rotatable bonds is 9. The van der Waals surface area contributed by atoms with Gasteiger partial charge < -0.3 is 21.6 Å². The Morgan fingerprint density at radius 1 is 0.667 bits per heavy atom. The zero-order chi connectivity index (χ0) is 14.4. The molecule has 0 amide bonds. The highest BCUT2D eigenvalue weighted by molar-refractivity contribution is 6.50. The Kier molecular flexibility index (Phi) is 14.7. The zero-order valence-electron chi connectivity index (χ0n) is 11.9. The molecule has 0 aliphatic carbocycles. The maximum atomic E-state index is 9.75. The van der Waals surface area contributed by atoms with Gasteiger partial charge in [-0.15, -0.1) is 0 Å². The van der Waals surface area contributed by atoms with Gasteiger partial charge in [0.15, 0.2) is 0 Å². The van der Waals surface area contributed by atoms with Gasteiger partial charge in [-0.05, 0) is 19.3 Å². The van der Waals surface area contributed by atoms with Gasteiger partial charge in [0.2, 0.25) is 0 Å². The molecular weight excluding hydrogens is 247 g/mol. The lowest BCUT2D eigenvalue weighted by Gasteiger charge is -2.18. The molecule has 0 unspecified atom stereocenters. The Labute approximate surface area is 109 Å². The maximum Gasteiger partial charge on any atom is 0.673 e. The average molecular weight is 274 g/mol. The molecule has 0 aromatic carbocycles. The number of halogens is 4.